The van der Waals surface area contributed by atoms with E-state index in [0.717, 1.165) is 21.2 Å². The molecule has 6 nitrogen and oxygen atoms in total. The lowest BCUT2D eigenvalue weighted by atomic mass is 10.1. The van der Waals surface area contributed by atoms with Crippen LogP contribution in [0.25, 0.3) is 0 Å². The van der Waals surface area contributed by atoms with Crippen LogP contribution >= 0.6 is 46.5 Å². The SMILES string of the molecule is C=CCc1cccc(/C=N\NC(=O)CSc2nnc(SCc3ccc(Cl)cc3)s2)c1O. The molecule has 2 aromatic carbocycles. The highest BCUT2D eigenvalue weighted by Crippen LogP contribution is 2.30. The molecule has 2 N–H and O–H groups in total. The predicted octanol–water partition coefficient (Wildman–Crippen LogP) is 5.16. The first-order chi connectivity index (χ1) is 15.0. The number of rotatable bonds is 10. The number of hydrogen-bond acceptors (Lipinski definition) is 8. The summed E-state index contributed by atoms with van der Waals surface area (Å²) in [5, 5.41) is 23.1. The molecule has 31 heavy (non-hydrogen) atoms. The standard InChI is InChI=1S/C21H19ClN4O2S3/c1-2-4-15-5-3-6-16(19(15)28)11-23-24-18(27)13-30-21-26-25-20(31-21)29-12-14-7-9-17(22)10-8-14/h2-3,5-11,28H,1,4,12-13H2,(H,24,27)/b23-11-. The number of nitrogens with one attached hydrogen (secondary N) is 1. The predicted molar refractivity (Wildman–Crippen MR) is 129 cm³/mol. The molecule has 1 amide bonds. The van der Waals surface area contributed by atoms with E-state index in [9.17, 15) is 9.90 Å². The number of phenols is 1. The zero-order chi connectivity index (χ0) is 22.1. The van der Waals surface area contributed by atoms with Crippen LogP contribution in [0.5, 0.6) is 5.75 Å². The number of amides is 1. The lowest BCUT2D eigenvalue weighted by molar-refractivity contribution is -0.118. The maximum Gasteiger partial charge on any atom is 0.250 e. The number of nitrogens with zero attached hydrogens (tertiary/aromatic N) is 3. The number of carbonyl (C=O) groups excluding carboxylic acids is 1. The molecule has 0 atom stereocenters. The quantitative estimate of drug-likeness (QED) is 0.177. The van der Waals surface area contributed by atoms with Crippen molar-refractivity contribution < 1.29 is 9.90 Å². The fraction of sp³-hybridized carbons (Fsp3) is 0.143. The molecule has 0 fully saturated rings. The summed E-state index contributed by atoms with van der Waals surface area (Å²) in [6.07, 6.45) is 3.68. The first-order valence-electron chi connectivity index (χ1n) is 9.12. The highest BCUT2D eigenvalue weighted by Gasteiger charge is 2.09. The van der Waals surface area contributed by atoms with Crippen molar-refractivity contribution in [3.8, 4) is 5.75 Å². The molecule has 0 aliphatic carbocycles. The number of phenolic OH excluding ortho intramolecular Hbond substituents is 1. The van der Waals surface area contributed by atoms with Crippen LogP contribution in [0.1, 0.15) is 16.7 Å². The van der Waals surface area contributed by atoms with Crippen molar-refractivity contribution in [1.29, 1.82) is 0 Å². The van der Waals surface area contributed by atoms with Gasteiger partial charge in [0.15, 0.2) is 8.68 Å². The van der Waals surface area contributed by atoms with Crippen LogP contribution < -0.4 is 5.43 Å². The van der Waals surface area contributed by atoms with Crippen LogP contribution in [0.2, 0.25) is 5.02 Å². The maximum absolute atomic E-state index is 12.0. The second-order valence-electron chi connectivity index (χ2n) is 6.18. The Labute approximate surface area is 197 Å². The van der Waals surface area contributed by atoms with Gasteiger partial charge in [-0.25, -0.2) is 5.43 Å². The third kappa shape index (κ3) is 7.39. The number of allylic oxidation sites excluding steroid dienone is 1. The monoisotopic (exact) mass is 490 g/mol. The van der Waals surface area contributed by atoms with E-state index in [0.29, 0.717) is 21.3 Å². The molecule has 3 rings (SSSR count). The number of thioether (sulfide) groups is 2. The molecule has 1 aromatic heterocycles. The van der Waals surface area contributed by atoms with Gasteiger partial charge in [-0.1, -0.05) is 76.8 Å². The van der Waals surface area contributed by atoms with Crippen molar-refractivity contribution in [3.05, 3.63) is 76.8 Å². The highest BCUT2D eigenvalue weighted by atomic mass is 35.5. The molecule has 3 aromatic rings. The molecular weight excluding hydrogens is 472 g/mol. The average molecular weight is 491 g/mol. The Hall–Kier alpha value is -2.33. The molecule has 160 valence electrons. The van der Waals surface area contributed by atoms with Gasteiger partial charge >= 0.3 is 0 Å². The first-order valence-corrected chi connectivity index (χ1v) is 12.3. The first kappa shape index (κ1) is 23.3. The molecule has 0 bridgehead atoms. The van der Waals surface area contributed by atoms with E-state index in [-0.39, 0.29) is 17.4 Å². The molecule has 0 saturated carbocycles. The maximum atomic E-state index is 12.0. The van der Waals surface area contributed by atoms with Gasteiger partial charge in [-0.15, -0.1) is 16.8 Å². The Morgan fingerprint density at radius 2 is 1.94 bits per heavy atom. The average Bonchev–Trinajstić information content (AvgIpc) is 3.22. The van der Waals surface area contributed by atoms with Gasteiger partial charge in [-0.3, -0.25) is 4.79 Å². The summed E-state index contributed by atoms with van der Waals surface area (Å²) in [6, 6.07) is 13.0. The molecule has 0 aliphatic rings. The van der Waals surface area contributed by atoms with Gasteiger partial charge in [-0.2, -0.15) is 5.10 Å². The van der Waals surface area contributed by atoms with Crippen LogP contribution in [0, 0.1) is 0 Å². The second-order valence-corrected chi connectivity index (χ2v) is 10.0. The minimum Gasteiger partial charge on any atom is -0.507 e. The number of aromatic hydroxyl groups is 1. The van der Waals surface area contributed by atoms with E-state index in [1.54, 1.807) is 23.9 Å². The summed E-state index contributed by atoms with van der Waals surface area (Å²) in [5.74, 6) is 0.795. The van der Waals surface area contributed by atoms with Crippen molar-refractivity contribution >= 4 is 58.6 Å². The van der Waals surface area contributed by atoms with Gasteiger partial charge in [-0.05, 0) is 35.7 Å². The van der Waals surface area contributed by atoms with Crippen LogP contribution in [-0.2, 0) is 17.0 Å². The van der Waals surface area contributed by atoms with Crippen molar-refractivity contribution in [3.63, 3.8) is 0 Å². The third-order valence-corrected chi connectivity index (χ3v) is 7.41. The van der Waals surface area contributed by atoms with E-state index >= 15 is 0 Å². The van der Waals surface area contributed by atoms with E-state index in [4.69, 9.17) is 11.6 Å². The summed E-state index contributed by atoms with van der Waals surface area (Å²) < 4.78 is 1.55. The third-order valence-electron chi connectivity index (χ3n) is 3.90. The largest absolute Gasteiger partial charge is 0.507 e. The van der Waals surface area contributed by atoms with Gasteiger partial charge in [0, 0.05) is 16.3 Å². The number of halogens is 1. The smallest absolute Gasteiger partial charge is 0.250 e. The summed E-state index contributed by atoms with van der Waals surface area (Å²) in [7, 11) is 0. The van der Waals surface area contributed by atoms with Gasteiger partial charge < -0.3 is 5.11 Å². The number of carbonyl (C=O) groups is 1. The zero-order valence-electron chi connectivity index (χ0n) is 16.3. The number of hydrogen-bond donors (Lipinski definition) is 2. The van der Waals surface area contributed by atoms with Crippen molar-refractivity contribution in [1.82, 2.24) is 15.6 Å². The summed E-state index contributed by atoms with van der Waals surface area (Å²) in [5.41, 5.74) is 4.89. The number of para-hydroxylation sites is 1. The lowest BCUT2D eigenvalue weighted by Crippen LogP contribution is -2.19. The Balaban J connectivity index is 1.44. The second kappa shape index (κ2) is 11.9. The Morgan fingerprint density at radius 1 is 1.19 bits per heavy atom. The number of aromatic nitrogens is 2. The van der Waals surface area contributed by atoms with E-state index < -0.39 is 0 Å². The molecule has 0 aliphatic heterocycles. The molecule has 0 spiro atoms. The van der Waals surface area contributed by atoms with Crippen LogP contribution in [0.4, 0.5) is 0 Å². The van der Waals surface area contributed by atoms with Gasteiger partial charge in [0.2, 0.25) is 0 Å². The Bertz CT molecular complexity index is 1070. The van der Waals surface area contributed by atoms with Gasteiger partial charge in [0.05, 0.1) is 12.0 Å². The molecular formula is C21H19ClN4O2S3. The fourth-order valence-corrected chi connectivity index (χ4v) is 5.30. The normalized spacial score (nSPS) is 11.0. The van der Waals surface area contributed by atoms with Crippen molar-refractivity contribution in [2.24, 2.45) is 5.10 Å². The zero-order valence-corrected chi connectivity index (χ0v) is 19.5. The topological polar surface area (TPSA) is 87.5 Å². The highest BCUT2D eigenvalue weighted by molar-refractivity contribution is 8.03. The van der Waals surface area contributed by atoms with Crippen LogP contribution in [-0.4, -0.2) is 33.2 Å². The molecule has 0 unspecified atom stereocenters. The molecule has 0 radical (unpaired) electrons. The number of benzene rings is 2. The van der Waals surface area contributed by atoms with E-state index in [1.807, 2.05) is 36.4 Å². The van der Waals surface area contributed by atoms with E-state index in [2.05, 4.69) is 27.3 Å². The minimum atomic E-state index is -0.270. The Kier molecular flexibility index (Phi) is 8.96. The van der Waals surface area contributed by atoms with E-state index in [1.165, 1.54) is 29.3 Å². The summed E-state index contributed by atoms with van der Waals surface area (Å²) in [4.78, 5) is 12.0. The van der Waals surface area contributed by atoms with Crippen LogP contribution in [0.3, 0.4) is 0 Å². The summed E-state index contributed by atoms with van der Waals surface area (Å²) >= 11 is 10.2. The molecule has 0 saturated heterocycles. The lowest BCUT2D eigenvalue weighted by Gasteiger charge is -2.04. The number of hydrazone groups is 1. The Morgan fingerprint density at radius 3 is 2.68 bits per heavy atom. The van der Waals surface area contributed by atoms with Crippen molar-refractivity contribution in [2.75, 3.05) is 5.75 Å². The summed E-state index contributed by atoms with van der Waals surface area (Å²) in [6.45, 7) is 3.67. The van der Waals surface area contributed by atoms with Crippen molar-refractivity contribution in [2.45, 2.75) is 20.9 Å². The fourth-order valence-electron chi connectivity index (χ4n) is 2.41. The van der Waals surface area contributed by atoms with Gasteiger partial charge in [0.1, 0.15) is 5.75 Å². The van der Waals surface area contributed by atoms with Crippen LogP contribution in [0.15, 0.2) is 68.9 Å². The van der Waals surface area contributed by atoms with Gasteiger partial charge in [0.25, 0.3) is 5.91 Å². The molecule has 1 heterocycles. The molecule has 10 heteroatoms. The minimum absolute atomic E-state index is 0.132.